The van der Waals surface area contributed by atoms with Crippen molar-refractivity contribution in [2.45, 2.75) is 32.8 Å². The number of benzene rings is 2. The molecule has 1 unspecified atom stereocenters. The topological polar surface area (TPSA) is 108 Å². The highest BCUT2D eigenvalue weighted by Crippen LogP contribution is 2.14. The minimum atomic E-state index is -3.56. The summed E-state index contributed by atoms with van der Waals surface area (Å²) in [6.45, 7) is 4.67. The van der Waals surface area contributed by atoms with Crippen molar-refractivity contribution in [1.82, 2.24) is 5.32 Å². The predicted molar refractivity (Wildman–Crippen MR) is 120 cm³/mol. The number of ether oxygens (including phenoxy) is 2. The van der Waals surface area contributed by atoms with Gasteiger partial charge in [0.1, 0.15) is 5.75 Å². The molecule has 0 aliphatic rings. The van der Waals surface area contributed by atoms with Gasteiger partial charge in [0.05, 0.1) is 12.9 Å². The van der Waals surface area contributed by atoms with E-state index >= 15 is 0 Å². The van der Waals surface area contributed by atoms with Crippen LogP contribution in [0.15, 0.2) is 48.5 Å². The number of hydrogen-bond acceptors (Lipinski definition) is 7. The van der Waals surface area contributed by atoms with E-state index in [1.54, 1.807) is 55.5 Å². The van der Waals surface area contributed by atoms with Crippen LogP contribution in [0.3, 0.4) is 0 Å². The molecule has 2 aromatic carbocycles. The van der Waals surface area contributed by atoms with E-state index in [1.807, 2.05) is 6.92 Å². The van der Waals surface area contributed by atoms with Crippen LogP contribution in [0.4, 0.5) is 0 Å². The molecule has 0 saturated carbocycles. The minimum absolute atomic E-state index is 0.208. The summed E-state index contributed by atoms with van der Waals surface area (Å²) in [6.07, 6.45) is 1.26. The molecule has 0 heterocycles. The lowest BCUT2D eigenvalue weighted by Crippen LogP contribution is -2.29. The molecule has 0 spiro atoms. The molecule has 0 fully saturated rings. The van der Waals surface area contributed by atoms with Crippen molar-refractivity contribution in [1.29, 1.82) is 0 Å². The fourth-order valence-corrected chi connectivity index (χ4v) is 3.42. The van der Waals surface area contributed by atoms with Gasteiger partial charge in [-0.15, -0.1) is 0 Å². The normalized spacial score (nSPS) is 12.1. The van der Waals surface area contributed by atoms with Gasteiger partial charge in [-0.25, -0.2) is 4.79 Å². The summed E-state index contributed by atoms with van der Waals surface area (Å²) < 4.78 is 37.6. The predicted octanol–water partition coefficient (Wildman–Crippen LogP) is 2.51. The van der Waals surface area contributed by atoms with Crippen LogP contribution >= 0.6 is 0 Å². The molecule has 8 nitrogen and oxygen atoms in total. The van der Waals surface area contributed by atoms with Crippen LogP contribution in [-0.4, -0.2) is 52.4 Å². The molecule has 2 aromatic rings. The van der Waals surface area contributed by atoms with Gasteiger partial charge in [-0.2, -0.15) is 8.42 Å². The Balaban J connectivity index is 1.85. The van der Waals surface area contributed by atoms with Gasteiger partial charge in [0.2, 0.25) is 0 Å². The molecule has 1 atom stereocenters. The van der Waals surface area contributed by atoms with Gasteiger partial charge < -0.3 is 19.0 Å². The minimum Gasteiger partial charge on any atom is -0.464 e. The van der Waals surface area contributed by atoms with Crippen molar-refractivity contribution >= 4 is 22.0 Å². The molecular formula is C23H29NO7S. The SMILES string of the molecule is CCOC(=O)C(Cc1ccc(C(=O)NCCc2ccc(OS(C)(=O)=O)cc2)cc1)OCC. The van der Waals surface area contributed by atoms with E-state index < -0.39 is 22.2 Å². The molecule has 174 valence electrons. The fraction of sp³-hybridized carbons (Fsp3) is 0.391. The number of nitrogens with one attached hydrogen (secondary N) is 1. The standard InChI is InChI=1S/C23H29NO7S/c1-4-29-21(23(26)30-5-2)16-18-6-10-19(11-7-18)22(25)24-15-14-17-8-12-20(13-9-17)31-32(3,27)28/h6-13,21H,4-5,14-16H2,1-3H3,(H,24,25). The lowest BCUT2D eigenvalue weighted by Gasteiger charge is -2.15. The van der Waals surface area contributed by atoms with E-state index in [0.29, 0.717) is 38.2 Å². The lowest BCUT2D eigenvalue weighted by molar-refractivity contribution is -0.156. The van der Waals surface area contributed by atoms with Gasteiger partial charge in [-0.1, -0.05) is 24.3 Å². The third-order valence-electron chi connectivity index (χ3n) is 4.42. The zero-order valence-corrected chi connectivity index (χ0v) is 19.3. The quantitative estimate of drug-likeness (QED) is 0.381. The Bertz CT molecular complexity index is 986. The smallest absolute Gasteiger partial charge is 0.335 e. The number of hydrogen-bond donors (Lipinski definition) is 1. The van der Waals surface area contributed by atoms with Crippen LogP contribution in [0, 0.1) is 0 Å². The molecule has 0 aromatic heterocycles. The average Bonchev–Trinajstić information content (AvgIpc) is 2.74. The maximum absolute atomic E-state index is 12.4. The Kier molecular flexibility index (Phi) is 9.67. The molecule has 32 heavy (non-hydrogen) atoms. The lowest BCUT2D eigenvalue weighted by atomic mass is 10.1. The Morgan fingerprint density at radius 3 is 2.12 bits per heavy atom. The second-order valence-electron chi connectivity index (χ2n) is 7.03. The number of amides is 1. The first-order valence-electron chi connectivity index (χ1n) is 10.4. The van der Waals surface area contributed by atoms with Crippen molar-refractivity contribution in [3.8, 4) is 5.75 Å². The number of esters is 1. The van der Waals surface area contributed by atoms with Crippen molar-refractivity contribution in [2.24, 2.45) is 0 Å². The largest absolute Gasteiger partial charge is 0.464 e. The summed E-state index contributed by atoms with van der Waals surface area (Å²) in [6, 6.07) is 13.6. The van der Waals surface area contributed by atoms with Crippen LogP contribution in [0.1, 0.15) is 35.3 Å². The third-order valence-corrected chi connectivity index (χ3v) is 4.92. The van der Waals surface area contributed by atoms with Crippen molar-refractivity contribution < 1.29 is 31.7 Å². The zero-order valence-electron chi connectivity index (χ0n) is 18.5. The summed E-state index contributed by atoms with van der Waals surface area (Å²) >= 11 is 0. The first kappa shape index (κ1) is 25.4. The molecule has 1 N–H and O–H groups in total. The van der Waals surface area contributed by atoms with E-state index in [4.69, 9.17) is 13.7 Å². The molecule has 0 radical (unpaired) electrons. The van der Waals surface area contributed by atoms with Crippen LogP contribution < -0.4 is 9.50 Å². The summed E-state index contributed by atoms with van der Waals surface area (Å²) in [5, 5.41) is 2.85. The monoisotopic (exact) mass is 463 g/mol. The van der Waals surface area contributed by atoms with E-state index in [9.17, 15) is 18.0 Å². The Labute approximate surface area is 189 Å². The first-order valence-corrected chi connectivity index (χ1v) is 12.2. The van der Waals surface area contributed by atoms with Crippen LogP contribution in [-0.2, 0) is 37.2 Å². The molecule has 0 aliphatic heterocycles. The van der Waals surface area contributed by atoms with Crippen LogP contribution in [0.5, 0.6) is 5.75 Å². The van der Waals surface area contributed by atoms with Crippen molar-refractivity contribution in [3.63, 3.8) is 0 Å². The highest BCUT2D eigenvalue weighted by Gasteiger charge is 2.20. The van der Waals surface area contributed by atoms with Crippen LogP contribution in [0.2, 0.25) is 0 Å². The van der Waals surface area contributed by atoms with E-state index in [-0.39, 0.29) is 11.7 Å². The molecule has 0 saturated heterocycles. The molecule has 0 bridgehead atoms. The average molecular weight is 464 g/mol. The summed E-state index contributed by atoms with van der Waals surface area (Å²) in [5.74, 6) is -0.359. The highest BCUT2D eigenvalue weighted by atomic mass is 32.2. The number of carbonyl (C=O) groups is 2. The second kappa shape index (κ2) is 12.2. The zero-order chi connectivity index (χ0) is 23.6. The Morgan fingerprint density at radius 1 is 0.938 bits per heavy atom. The maximum Gasteiger partial charge on any atom is 0.335 e. The molecule has 0 aliphatic carbocycles. The summed E-state index contributed by atoms with van der Waals surface area (Å²) in [7, 11) is -3.56. The van der Waals surface area contributed by atoms with Gasteiger partial charge in [-0.05, 0) is 55.7 Å². The van der Waals surface area contributed by atoms with Gasteiger partial charge in [-0.3, -0.25) is 4.79 Å². The van der Waals surface area contributed by atoms with Crippen molar-refractivity contribution in [2.75, 3.05) is 26.0 Å². The first-order chi connectivity index (χ1) is 15.2. The van der Waals surface area contributed by atoms with Gasteiger partial charge in [0.25, 0.3) is 5.91 Å². The van der Waals surface area contributed by atoms with E-state index in [1.165, 1.54) is 0 Å². The fourth-order valence-electron chi connectivity index (χ4n) is 2.96. The third kappa shape index (κ3) is 8.68. The van der Waals surface area contributed by atoms with E-state index in [2.05, 4.69) is 5.32 Å². The van der Waals surface area contributed by atoms with Crippen molar-refractivity contribution in [3.05, 3.63) is 65.2 Å². The number of rotatable bonds is 12. The van der Waals surface area contributed by atoms with E-state index in [0.717, 1.165) is 17.4 Å². The highest BCUT2D eigenvalue weighted by molar-refractivity contribution is 7.86. The van der Waals surface area contributed by atoms with Gasteiger partial charge in [0, 0.05) is 25.1 Å². The molecule has 1 amide bonds. The Hall–Kier alpha value is -2.91. The molecule has 9 heteroatoms. The van der Waals surface area contributed by atoms with Crippen LogP contribution in [0.25, 0.3) is 0 Å². The molecule has 2 rings (SSSR count). The summed E-state index contributed by atoms with van der Waals surface area (Å²) in [4.78, 5) is 24.4. The van der Waals surface area contributed by atoms with Gasteiger partial charge >= 0.3 is 16.1 Å². The maximum atomic E-state index is 12.4. The van der Waals surface area contributed by atoms with Gasteiger partial charge in [0.15, 0.2) is 6.10 Å². The summed E-state index contributed by atoms with van der Waals surface area (Å²) in [5.41, 5.74) is 2.31. The number of carbonyl (C=O) groups excluding carboxylic acids is 2. The molecular weight excluding hydrogens is 434 g/mol. The second-order valence-corrected chi connectivity index (χ2v) is 8.61. The Morgan fingerprint density at radius 2 is 1.56 bits per heavy atom.